The summed E-state index contributed by atoms with van der Waals surface area (Å²) in [4.78, 5) is 12.0. The summed E-state index contributed by atoms with van der Waals surface area (Å²) in [7, 11) is 0. The van der Waals surface area contributed by atoms with E-state index >= 15 is 0 Å². The molecule has 0 aliphatic heterocycles. The molecule has 0 spiro atoms. The Balaban J connectivity index is 1.62. The molecule has 1 aliphatic carbocycles. The average molecular weight is 286 g/mol. The van der Waals surface area contributed by atoms with Crippen LogP contribution in [0.15, 0.2) is 40.9 Å². The van der Waals surface area contributed by atoms with E-state index in [1.165, 1.54) is 0 Å². The molecule has 1 saturated carbocycles. The quantitative estimate of drug-likeness (QED) is 0.904. The summed E-state index contributed by atoms with van der Waals surface area (Å²) >= 11 is 0. The van der Waals surface area contributed by atoms with E-state index in [0.717, 1.165) is 18.4 Å². The van der Waals surface area contributed by atoms with Crippen molar-refractivity contribution >= 4 is 5.91 Å². The third-order valence-electron chi connectivity index (χ3n) is 3.90. The molecule has 1 heterocycles. The highest BCUT2D eigenvalue weighted by molar-refractivity contribution is 5.85. The SMILES string of the molecule is O=C(NCc1cc(-c2ccccc2)on1)C1(O)CCCC1. The minimum absolute atomic E-state index is 0.261. The van der Waals surface area contributed by atoms with Gasteiger partial charge in [0.2, 0.25) is 0 Å². The van der Waals surface area contributed by atoms with Gasteiger partial charge in [-0.1, -0.05) is 35.5 Å². The van der Waals surface area contributed by atoms with Crippen LogP contribution >= 0.6 is 0 Å². The topological polar surface area (TPSA) is 75.4 Å². The van der Waals surface area contributed by atoms with Gasteiger partial charge in [0.15, 0.2) is 5.76 Å². The number of nitrogens with zero attached hydrogens (tertiary/aromatic N) is 1. The number of carbonyl (C=O) groups excluding carboxylic acids is 1. The van der Waals surface area contributed by atoms with E-state index in [-0.39, 0.29) is 12.5 Å². The highest BCUT2D eigenvalue weighted by Crippen LogP contribution is 2.29. The summed E-state index contributed by atoms with van der Waals surface area (Å²) in [6.07, 6.45) is 2.86. The summed E-state index contributed by atoms with van der Waals surface area (Å²) in [5, 5.41) is 16.8. The predicted molar refractivity (Wildman–Crippen MR) is 77.2 cm³/mol. The second-order valence-corrected chi connectivity index (χ2v) is 5.47. The third-order valence-corrected chi connectivity index (χ3v) is 3.90. The van der Waals surface area contributed by atoms with Gasteiger partial charge >= 0.3 is 0 Å². The van der Waals surface area contributed by atoms with Gasteiger partial charge in [-0.15, -0.1) is 0 Å². The molecule has 0 atom stereocenters. The number of carbonyl (C=O) groups is 1. The van der Waals surface area contributed by atoms with Crippen LogP contribution in [0.3, 0.4) is 0 Å². The van der Waals surface area contributed by atoms with Crippen LogP contribution in [0.5, 0.6) is 0 Å². The first-order valence-corrected chi connectivity index (χ1v) is 7.19. The maximum atomic E-state index is 12.0. The molecule has 0 unspecified atom stereocenters. The molecule has 1 amide bonds. The summed E-state index contributed by atoms with van der Waals surface area (Å²) in [5.41, 5.74) is 0.382. The molecular formula is C16H18N2O3. The van der Waals surface area contributed by atoms with Gasteiger partial charge in [0.1, 0.15) is 11.3 Å². The number of aromatic nitrogens is 1. The number of hydrogen-bond donors (Lipinski definition) is 2. The van der Waals surface area contributed by atoms with Crippen LogP contribution in [0.2, 0.25) is 0 Å². The van der Waals surface area contributed by atoms with Crippen LogP contribution in [0, 0.1) is 0 Å². The maximum absolute atomic E-state index is 12.0. The summed E-state index contributed by atoms with van der Waals surface area (Å²) in [6, 6.07) is 11.5. The van der Waals surface area contributed by atoms with Gasteiger partial charge in [-0.3, -0.25) is 4.79 Å². The van der Waals surface area contributed by atoms with Crippen molar-refractivity contribution in [2.45, 2.75) is 37.8 Å². The first-order chi connectivity index (χ1) is 10.2. The fraction of sp³-hybridized carbons (Fsp3) is 0.375. The van der Waals surface area contributed by atoms with Gasteiger partial charge in [-0.25, -0.2) is 0 Å². The molecule has 110 valence electrons. The minimum atomic E-state index is -1.20. The molecule has 21 heavy (non-hydrogen) atoms. The van der Waals surface area contributed by atoms with Crippen molar-refractivity contribution in [2.24, 2.45) is 0 Å². The lowest BCUT2D eigenvalue weighted by Gasteiger charge is -2.20. The third kappa shape index (κ3) is 2.97. The van der Waals surface area contributed by atoms with Gasteiger partial charge in [-0.2, -0.15) is 0 Å². The first kappa shape index (κ1) is 13.8. The average Bonchev–Trinajstić information content (AvgIpc) is 3.15. The van der Waals surface area contributed by atoms with E-state index in [1.807, 2.05) is 30.3 Å². The molecule has 0 bridgehead atoms. The standard InChI is InChI=1S/C16H18N2O3/c19-15(16(20)8-4-5-9-16)17-11-13-10-14(21-18-13)12-6-2-1-3-7-12/h1-3,6-7,10,20H,4-5,8-9,11H2,(H,17,19). The van der Waals surface area contributed by atoms with Crippen molar-refractivity contribution in [2.75, 3.05) is 0 Å². The summed E-state index contributed by atoms with van der Waals surface area (Å²) < 4.78 is 5.27. The van der Waals surface area contributed by atoms with Crippen molar-refractivity contribution in [3.05, 3.63) is 42.1 Å². The van der Waals surface area contributed by atoms with Crippen molar-refractivity contribution in [3.8, 4) is 11.3 Å². The molecular weight excluding hydrogens is 268 g/mol. The minimum Gasteiger partial charge on any atom is -0.380 e. The maximum Gasteiger partial charge on any atom is 0.252 e. The number of amides is 1. The Labute approximate surface area is 123 Å². The van der Waals surface area contributed by atoms with E-state index in [1.54, 1.807) is 6.07 Å². The van der Waals surface area contributed by atoms with Gasteiger partial charge in [0.05, 0.1) is 6.54 Å². The summed E-state index contributed by atoms with van der Waals surface area (Å²) in [5.74, 6) is 0.351. The molecule has 2 N–H and O–H groups in total. The Morgan fingerprint density at radius 1 is 1.29 bits per heavy atom. The van der Waals surface area contributed by atoms with Gasteiger partial charge in [-0.05, 0) is 25.7 Å². The van der Waals surface area contributed by atoms with Crippen molar-refractivity contribution in [1.82, 2.24) is 10.5 Å². The van der Waals surface area contributed by atoms with Crippen LogP contribution in [0.4, 0.5) is 0 Å². The monoisotopic (exact) mass is 286 g/mol. The number of hydrogen-bond acceptors (Lipinski definition) is 4. The van der Waals surface area contributed by atoms with Crippen molar-refractivity contribution in [1.29, 1.82) is 0 Å². The molecule has 3 rings (SSSR count). The molecule has 1 aliphatic rings. The van der Waals surface area contributed by atoms with E-state index in [4.69, 9.17) is 4.52 Å². The molecule has 1 fully saturated rings. The van der Waals surface area contributed by atoms with E-state index in [2.05, 4.69) is 10.5 Å². The van der Waals surface area contributed by atoms with Crippen LogP contribution in [-0.4, -0.2) is 21.8 Å². The van der Waals surface area contributed by atoms with Crippen molar-refractivity contribution in [3.63, 3.8) is 0 Å². The van der Waals surface area contributed by atoms with Crippen molar-refractivity contribution < 1.29 is 14.4 Å². The first-order valence-electron chi connectivity index (χ1n) is 7.19. The van der Waals surface area contributed by atoms with Crippen LogP contribution in [-0.2, 0) is 11.3 Å². The molecule has 0 saturated heterocycles. The van der Waals surface area contributed by atoms with Gasteiger partial charge in [0, 0.05) is 11.6 Å². The fourth-order valence-electron chi connectivity index (χ4n) is 2.66. The Bertz CT molecular complexity index is 615. The predicted octanol–water partition coefficient (Wildman–Crippen LogP) is 2.26. The second-order valence-electron chi connectivity index (χ2n) is 5.47. The van der Waals surface area contributed by atoms with Crippen LogP contribution in [0.1, 0.15) is 31.4 Å². The number of aliphatic hydroxyl groups is 1. The van der Waals surface area contributed by atoms with Gasteiger partial charge < -0.3 is 14.9 Å². The summed E-state index contributed by atoms with van der Waals surface area (Å²) in [6.45, 7) is 0.261. The fourth-order valence-corrected chi connectivity index (χ4v) is 2.66. The number of rotatable bonds is 4. The zero-order valence-electron chi connectivity index (χ0n) is 11.7. The number of benzene rings is 1. The van der Waals surface area contributed by atoms with E-state index < -0.39 is 5.60 Å². The van der Waals surface area contributed by atoms with Crippen LogP contribution in [0.25, 0.3) is 11.3 Å². The van der Waals surface area contributed by atoms with E-state index in [9.17, 15) is 9.90 Å². The zero-order valence-corrected chi connectivity index (χ0v) is 11.7. The lowest BCUT2D eigenvalue weighted by atomic mass is 10.0. The normalized spacial score (nSPS) is 16.8. The van der Waals surface area contributed by atoms with Gasteiger partial charge in [0.25, 0.3) is 5.91 Å². The molecule has 0 radical (unpaired) electrons. The Hall–Kier alpha value is -2.14. The second kappa shape index (κ2) is 5.69. The Morgan fingerprint density at radius 2 is 2.00 bits per heavy atom. The molecule has 1 aromatic heterocycles. The smallest absolute Gasteiger partial charge is 0.252 e. The highest BCUT2D eigenvalue weighted by atomic mass is 16.5. The molecule has 2 aromatic rings. The largest absolute Gasteiger partial charge is 0.380 e. The zero-order chi connectivity index (χ0) is 14.7. The Morgan fingerprint density at radius 3 is 2.71 bits per heavy atom. The molecule has 5 nitrogen and oxygen atoms in total. The van der Waals surface area contributed by atoms with E-state index in [0.29, 0.717) is 24.3 Å². The lowest BCUT2D eigenvalue weighted by Crippen LogP contribution is -2.44. The number of nitrogens with one attached hydrogen (secondary N) is 1. The highest BCUT2D eigenvalue weighted by Gasteiger charge is 2.38. The lowest BCUT2D eigenvalue weighted by molar-refractivity contribution is -0.139. The Kier molecular flexibility index (Phi) is 3.75. The van der Waals surface area contributed by atoms with Crippen LogP contribution < -0.4 is 5.32 Å². The molecule has 1 aromatic carbocycles. The molecule has 5 heteroatoms.